The summed E-state index contributed by atoms with van der Waals surface area (Å²) in [6.07, 6.45) is 1.19. The van der Waals surface area contributed by atoms with Crippen molar-refractivity contribution in [3.63, 3.8) is 0 Å². The molecule has 118 valence electrons. The van der Waals surface area contributed by atoms with E-state index in [2.05, 4.69) is 5.32 Å². The number of ether oxygens (including phenoxy) is 1. The number of amides is 1. The number of piperidine rings is 1. The summed E-state index contributed by atoms with van der Waals surface area (Å²) in [5, 5.41) is 4.45. The maximum absolute atomic E-state index is 12.4. The van der Waals surface area contributed by atoms with Crippen molar-refractivity contribution < 1.29 is 17.9 Å². The van der Waals surface area contributed by atoms with Crippen molar-refractivity contribution in [2.24, 2.45) is 0 Å². The van der Waals surface area contributed by atoms with Crippen LogP contribution in [0, 0.1) is 0 Å². The van der Waals surface area contributed by atoms with Gasteiger partial charge < -0.3 is 15.8 Å². The van der Waals surface area contributed by atoms with Crippen LogP contribution in [-0.2, 0) is 19.6 Å². The third-order valence-corrected chi connectivity index (χ3v) is 6.62. The van der Waals surface area contributed by atoms with Gasteiger partial charge in [-0.25, -0.2) is 8.42 Å². The number of nitrogen functional groups attached to an aromatic ring is 1. The zero-order valence-electron chi connectivity index (χ0n) is 11.7. The summed E-state index contributed by atoms with van der Waals surface area (Å²) in [5.74, 6) is -0.176. The van der Waals surface area contributed by atoms with E-state index >= 15 is 0 Å². The normalized spacial score (nSPS) is 17.8. The standard InChI is InChI=1S/C12H19N3O4S2/c1-19-7-11(16)14-10-2-4-15(5-3-10)21(17,18)12-6-9(13)8-20-12/h6,8,10H,2-5,7,13H2,1H3,(H,14,16). The molecular weight excluding hydrogens is 314 g/mol. The summed E-state index contributed by atoms with van der Waals surface area (Å²) < 4.78 is 31.3. The minimum Gasteiger partial charge on any atom is -0.398 e. The lowest BCUT2D eigenvalue weighted by Gasteiger charge is -2.31. The lowest BCUT2D eigenvalue weighted by molar-refractivity contribution is -0.125. The number of hydrogen-bond acceptors (Lipinski definition) is 6. The van der Waals surface area contributed by atoms with Crippen molar-refractivity contribution in [3.8, 4) is 0 Å². The molecule has 0 spiro atoms. The number of anilines is 1. The van der Waals surface area contributed by atoms with Crippen molar-refractivity contribution >= 4 is 33.0 Å². The molecular formula is C12H19N3O4S2. The molecule has 21 heavy (non-hydrogen) atoms. The molecule has 0 unspecified atom stereocenters. The summed E-state index contributed by atoms with van der Waals surface area (Å²) in [5.41, 5.74) is 6.04. The molecule has 0 bridgehead atoms. The predicted molar refractivity (Wildman–Crippen MR) is 80.5 cm³/mol. The van der Waals surface area contributed by atoms with Gasteiger partial charge in [0.2, 0.25) is 5.91 Å². The van der Waals surface area contributed by atoms with Crippen LogP contribution in [0.3, 0.4) is 0 Å². The molecule has 1 aromatic rings. The Morgan fingerprint density at radius 2 is 2.19 bits per heavy atom. The van der Waals surface area contributed by atoms with Crippen LogP contribution in [0.25, 0.3) is 0 Å². The summed E-state index contributed by atoms with van der Waals surface area (Å²) >= 11 is 1.13. The first-order chi connectivity index (χ1) is 9.93. The van der Waals surface area contributed by atoms with Crippen LogP contribution in [-0.4, -0.2) is 51.5 Å². The summed E-state index contributed by atoms with van der Waals surface area (Å²) in [6.45, 7) is 0.795. The van der Waals surface area contributed by atoms with Gasteiger partial charge in [0.15, 0.2) is 0 Å². The number of sulfonamides is 1. The molecule has 0 aliphatic carbocycles. The fourth-order valence-electron chi connectivity index (χ4n) is 2.23. The highest BCUT2D eigenvalue weighted by atomic mass is 32.2. The number of methoxy groups -OCH3 is 1. The van der Waals surface area contributed by atoms with Crippen LogP contribution < -0.4 is 11.1 Å². The molecule has 0 aromatic carbocycles. The molecule has 0 saturated carbocycles. The number of nitrogens with two attached hydrogens (primary N) is 1. The van der Waals surface area contributed by atoms with Gasteiger partial charge in [0.25, 0.3) is 10.0 Å². The Balaban J connectivity index is 1.93. The predicted octanol–water partition coefficient (Wildman–Crippen LogP) is 0.246. The zero-order chi connectivity index (χ0) is 15.5. The number of thiophene rings is 1. The molecule has 9 heteroatoms. The van der Waals surface area contributed by atoms with E-state index in [0.29, 0.717) is 31.6 Å². The Labute approximate surface area is 128 Å². The average molecular weight is 333 g/mol. The van der Waals surface area contributed by atoms with E-state index in [1.54, 1.807) is 5.38 Å². The lowest BCUT2D eigenvalue weighted by Crippen LogP contribution is -2.47. The van der Waals surface area contributed by atoms with E-state index < -0.39 is 10.0 Å². The van der Waals surface area contributed by atoms with Gasteiger partial charge >= 0.3 is 0 Å². The van der Waals surface area contributed by atoms with Crippen LogP contribution in [0.1, 0.15) is 12.8 Å². The van der Waals surface area contributed by atoms with Gasteiger partial charge in [0.05, 0.1) is 0 Å². The molecule has 0 radical (unpaired) electrons. The Hall–Kier alpha value is -1.16. The van der Waals surface area contributed by atoms with Gasteiger partial charge in [0, 0.05) is 37.3 Å². The fourth-order valence-corrected chi connectivity index (χ4v) is 4.94. The maximum Gasteiger partial charge on any atom is 0.252 e. The molecule has 1 saturated heterocycles. The van der Waals surface area contributed by atoms with Gasteiger partial charge in [-0.2, -0.15) is 4.31 Å². The van der Waals surface area contributed by atoms with Crippen molar-refractivity contribution in [1.29, 1.82) is 0 Å². The highest BCUT2D eigenvalue weighted by molar-refractivity contribution is 7.91. The Morgan fingerprint density at radius 1 is 1.52 bits per heavy atom. The summed E-state index contributed by atoms with van der Waals surface area (Å²) in [7, 11) is -2.01. The molecule has 7 nitrogen and oxygen atoms in total. The van der Waals surface area contributed by atoms with Gasteiger partial charge in [0.1, 0.15) is 10.8 Å². The Kier molecular flexibility index (Phi) is 5.20. The third kappa shape index (κ3) is 3.94. The fraction of sp³-hybridized carbons (Fsp3) is 0.583. The number of rotatable bonds is 5. The van der Waals surface area contributed by atoms with Crippen LogP contribution in [0.2, 0.25) is 0 Å². The number of carbonyl (C=O) groups is 1. The Morgan fingerprint density at radius 3 is 2.71 bits per heavy atom. The van der Waals surface area contributed by atoms with E-state index in [4.69, 9.17) is 10.5 Å². The number of nitrogens with one attached hydrogen (secondary N) is 1. The molecule has 1 aromatic heterocycles. The first-order valence-electron chi connectivity index (χ1n) is 6.56. The topological polar surface area (TPSA) is 102 Å². The SMILES string of the molecule is COCC(=O)NC1CCN(S(=O)(=O)c2cc(N)cs2)CC1. The highest BCUT2D eigenvalue weighted by Crippen LogP contribution is 2.27. The van der Waals surface area contributed by atoms with E-state index in [1.165, 1.54) is 17.5 Å². The largest absolute Gasteiger partial charge is 0.398 e. The van der Waals surface area contributed by atoms with Crippen molar-refractivity contribution in [3.05, 3.63) is 11.4 Å². The first-order valence-corrected chi connectivity index (χ1v) is 8.88. The van der Waals surface area contributed by atoms with E-state index in [9.17, 15) is 13.2 Å². The van der Waals surface area contributed by atoms with E-state index in [1.807, 2.05) is 0 Å². The van der Waals surface area contributed by atoms with Gasteiger partial charge in [-0.3, -0.25) is 4.79 Å². The second kappa shape index (κ2) is 6.73. The third-order valence-electron chi connectivity index (χ3n) is 3.28. The minimum absolute atomic E-state index is 0.00694. The second-order valence-electron chi connectivity index (χ2n) is 4.88. The minimum atomic E-state index is -3.47. The van der Waals surface area contributed by atoms with Gasteiger partial charge in [-0.15, -0.1) is 11.3 Å². The van der Waals surface area contributed by atoms with E-state index in [0.717, 1.165) is 11.3 Å². The van der Waals surface area contributed by atoms with Crippen LogP contribution in [0.5, 0.6) is 0 Å². The van der Waals surface area contributed by atoms with Gasteiger partial charge in [-0.05, 0) is 18.9 Å². The molecule has 1 aliphatic rings. The lowest BCUT2D eigenvalue weighted by atomic mass is 10.1. The van der Waals surface area contributed by atoms with Gasteiger partial charge in [-0.1, -0.05) is 0 Å². The first kappa shape index (κ1) is 16.2. The highest BCUT2D eigenvalue weighted by Gasteiger charge is 2.30. The summed E-state index contributed by atoms with van der Waals surface area (Å²) in [4.78, 5) is 11.4. The molecule has 1 amide bonds. The smallest absolute Gasteiger partial charge is 0.252 e. The zero-order valence-corrected chi connectivity index (χ0v) is 13.4. The second-order valence-corrected chi connectivity index (χ2v) is 7.95. The summed E-state index contributed by atoms with van der Waals surface area (Å²) in [6, 6.07) is 1.47. The monoisotopic (exact) mass is 333 g/mol. The Bertz CT molecular complexity index is 591. The van der Waals surface area contributed by atoms with E-state index in [-0.39, 0.29) is 22.8 Å². The average Bonchev–Trinajstić information content (AvgIpc) is 2.87. The molecule has 1 aliphatic heterocycles. The molecule has 1 fully saturated rings. The van der Waals surface area contributed by atoms with Crippen molar-refractivity contribution in [2.45, 2.75) is 23.1 Å². The molecule has 2 rings (SSSR count). The van der Waals surface area contributed by atoms with Crippen molar-refractivity contribution in [2.75, 3.05) is 32.5 Å². The van der Waals surface area contributed by atoms with Crippen LogP contribution >= 0.6 is 11.3 Å². The number of nitrogens with zero attached hydrogens (tertiary/aromatic N) is 1. The van der Waals surface area contributed by atoms with Crippen molar-refractivity contribution in [1.82, 2.24) is 9.62 Å². The maximum atomic E-state index is 12.4. The molecule has 2 heterocycles. The molecule has 0 atom stereocenters. The number of carbonyl (C=O) groups excluding carboxylic acids is 1. The number of hydrogen-bond donors (Lipinski definition) is 2. The molecule has 3 N–H and O–H groups in total. The quantitative estimate of drug-likeness (QED) is 0.804. The van der Waals surface area contributed by atoms with Crippen LogP contribution in [0.15, 0.2) is 15.7 Å². The van der Waals surface area contributed by atoms with Crippen LogP contribution in [0.4, 0.5) is 5.69 Å².